The molecule has 1 unspecified atom stereocenters. The molecule has 5 heteroatoms. The highest BCUT2D eigenvalue weighted by Crippen LogP contribution is 2.28. The van der Waals surface area contributed by atoms with E-state index in [1.165, 1.54) is 0 Å². The van der Waals surface area contributed by atoms with Crippen LogP contribution < -0.4 is 10.8 Å². The molecule has 1 aliphatic carbocycles. The van der Waals surface area contributed by atoms with Crippen molar-refractivity contribution in [3.8, 4) is 0 Å². The summed E-state index contributed by atoms with van der Waals surface area (Å²) >= 11 is 0. The molecule has 5 nitrogen and oxygen atoms in total. The van der Waals surface area contributed by atoms with Gasteiger partial charge in [-0.3, -0.25) is 14.8 Å². The summed E-state index contributed by atoms with van der Waals surface area (Å²) < 4.78 is 0. The van der Waals surface area contributed by atoms with Gasteiger partial charge in [-0.25, -0.2) is 5.48 Å². The van der Waals surface area contributed by atoms with Crippen LogP contribution in [-0.4, -0.2) is 17.0 Å². The molecule has 0 spiro atoms. The van der Waals surface area contributed by atoms with E-state index in [0.29, 0.717) is 0 Å². The number of benzene rings is 2. The Kier molecular flexibility index (Phi) is 5.46. The zero-order valence-electron chi connectivity index (χ0n) is 13.9. The van der Waals surface area contributed by atoms with Crippen LogP contribution in [0.4, 0.5) is 5.69 Å². The van der Waals surface area contributed by atoms with Gasteiger partial charge in [-0.2, -0.15) is 0 Å². The Morgan fingerprint density at radius 3 is 2.12 bits per heavy atom. The summed E-state index contributed by atoms with van der Waals surface area (Å²) in [6.07, 6.45) is 4.14. The summed E-state index contributed by atoms with van der Waals surface area (Å²) in [6, 6.07) is 16.5. The average Bonchev–Trinajstić information content (AvgIpc) is 3.19. The molecule has 2 aromatic rings. The first-order valence-electron chi connectivity index (χ1n) is 8.59. The van der Waals surface area contributed by atoms with E-state index in [0.717, 1.165) is 42.5 Å². The smallest absolute Gasteiger partial charge is 0.255 e. The molecule has 2 aromatic carbocycles. The van der Waals surface area contributed by atoms with Crippen molar-refractivity contribution in [3.63, 3.8) is 0 Å². The Morgan fingerprint density at radius 2 is 1.52 bits per heavy atom. The molecular weight excluding hydrogens is 316 g/mol. The van der Waals surface area contributed by atoms with Crippen molar-refractivity contribution in [2.45, 2.75) is 31.6 Å². The maximum absolute atomic E-state index is 12.2. The van der Waals surface area contributed by atoms with Crippen LogP contribution in [0.1, 0.15) is 42.7 Å². The summed E-state index contributed by atoms with van der Waals surface area (Å²) in [4.78, 5) is 24.3. The second-order valence-electron chi connectivity index (χ2n) is 6.41. The number of hydrogen-bond acceptors (Lipinski definition) is 3. The number of carbonyl (C=O) groups is 2. The first-order valence-corrected chi connectivity index (χ1v) is 8.59. The van der Waals surface area contributed by atoms with E-state index in [1.807, 2.05) is 30.3 Å². The lowest BCUT2D eigenvalue weighted by Gasteiger charge is -2.17. The SMILES string of the molecule is O=C(Nc1ccc(C(C(=O)NO)c2ccccc2)cc1)C1CCCC1. The van der Waals surface area contributed by atoms with Gasteiger partial charge >= 0.3 is 0 Å². The van der Waals surface area contributed by atoms with E-state index in [-0.39, 0.29) is 11.8 Å². The third kappa shape index (κ3) is 4.06. The molecule has 1 saturated carbocycles. The molecule has 1 aliphatic rings. The molecule has 1 fully saturated rings. The number of amides is 2. The van der Waals surface area contributed by atoms with E-state index in [2.05, 4.69) is 5.32 Å². The van der Waals surface area contributed by atoms with Crippen LogP contribution in [0.5, 0.6) is 0 Å². The highest BCUT2D eigenvalue weighted by atomic mass is 16.5. The summed E-state index contributed by atoms with van der Waals surface area (Å²) in [5.74, 6) is -0.922. The van der Waals surface area contributed by atoms with Gasteiger partial charge in [0, 0.05) is 11.6 Å². The number of hydroxylamine groups is 1. The van der Waals surface area contributed by atoms with Crippen LogP contribution in [-0.2, 0) is 9.59 Å². The normalized spacial score (nSPS) is 15.6. The molecule has 0 aliphatic heterocycles. The van der Waals surface area contributed by atoms with Gasteiger partial charge in [0.1, 0.15) is 0 Å². The predicted octanol–water partition coefficient (Wildman–Crippen LogP) is 3.45. The van der Waals surface area contributed by atoms with Crippen molar-refractivity contribution < 1.29 is 14.8 Å². The minimum Gasteiger partial charge on any atom is -0.326 e. The molecule has 0 radical (unpaired) electrons. The Hall–Kier alpha value is -2.66. The Morgan fingerprint density at radius 1 is 0.920 bits per heavy atom. The molecule has 0 aromatic heterocycles. The lowest BCUT2D eigenvalue weighted by atomic mass is 9.90. The molecule has 3 N–H and O–H groups in total. The maximum atomic E-state index is 12.2. The standard InChI is InChI=1S/C20H22N2O3/c23-19(16-8-4-5-9-16)21-17-12-10-15(11-13-17)18(20(24)22-25)14-6-2-1-3-7-14/h1-3,6-7,10-13,16,18,25H,4-5,8-9H2,(H,21,23)(H,22,24). The van der Waals surface area contributed by atoms with Crippen molar-refractivity contribution in [2.75, 3.05) is 5.32 Å². The third-order valence-corrected chi connectivity index (χ3v) is 4.74. The number of rotatable bonds is 5. The molecular formula is C20H22N2O3. The quantitative estimate of drug-likeness (QED) is 0.577. The van der Waals surface area contributed by atoms with E-state index >= 15 is 0 Å². The number of anilines is 1. The van der Waals surface area contributed by atoms with Gasteiger partial charge in [0.2, 0.25) is 5.91 Å². The first-order chi connectivity index (χ1) is 12.2. The number of carbonyl (C=O) groups excluding carboxylic acids is 2. The Bertz CT molecular complexity index is 722. The molecule has 0 bridgehead atoms. The first kappa shape index (κ1) is 17.2. The predicted molar refractivity (Wildman–Crippen MR) is 95.2 cm³/mol. The molecule has 0 saturated heterocycles. The highest BCUT2D eigenvalue weighted by molar-refractivity contribution is 5.93. The summed E-state index contributed by atoms with van der Waals surface area (Å²) in [5.41, 5.74) is 3.99. The maximum Gasteiger partial charge on any atom is 0.255 e. The molecule has 25 heavy (non-hydrogen) atoms. The summed E-state index contributed by atoms with van der Waals surface area (Å²) in [6.45, 7) is 0. The monoisotopic (exact) mass is 338 g/mol. The van der Waals surface area contributed by atoms with Gasteiger partial charge in [0.25, 0.3) is 5.91 Å². The van der Waals surface area contributed by atoms with Crippen molar-refractivity contribution in [2.24, 2.45) is 5.92 Å². The molecule has 3 rings (SSSR count). The van der Waals surface area contributed by atoms with Gasteiger partial charge in [-0.1, -0.05) is 55.3 Å². The van der Waals surface area contributed by atoms with E-state index in [1.54, 1.807) is 29.7 Å². The van der Waals surface area contributed by atoms with Gasteiger partial charge in [0.05, 0.1) is 5.92 Å². The lowest BCUT2D eigenvalue weighted by Crippen LogP contribution is -2.27. The molecule has 0 heterocycles. The molecule has 2 amide bonds. The van der Waals surface area contributed by atoms with Crippen molar-refractivity contribution in [1.82, 2.24) is 5.48 Å². The fourth-order valence-electron chi connectivity index (χ4n) is 3.40. The van der Waals surface area contributed by atoms with E-state index in [4.69, 9.17) is 5.21 Å². The lowest BCUT2D eigenvalue weighted by molar-refractivity contribution is -0.129. The largest absolute Gasteiger partial charge is 0.326 e. The van der Waals surface area contributed by atoms with Crippen LogP contribution in [0.2, 0.25) is 0 Å². The van der Waals surface area contributed by atoms with E-state index in [9.17, 15) is 9.59 Å². The molecule has 130 valence electrons. The fraction of sp³-hybridized carbons (Fsp3) is 0.300. The van der Waals surface area contributed by atoms with Crippen molar-refractivity contribution in [3.05, 3.63) is 65.7 Å². The van der Waals surface area contributed by atoms with Gasteiger partial charge < -0.3 is 5.32 Å². The second-order valence-corrected chi connectivity index (χ2v) is 6.41. The van der Waals surface area contributed by atoms with Crippen LogP contribution >= 0.6 is 0 Å². The van der Waals surface area contributed by atoms with Gasteiger partial charge in [-0.15, -0.1) is 0 Å². The highest BCUT2D eigenvalue weighted by Gasteiger charge is 2.24. The minimum absolute atomic E-state index is 0.0676. The zero-order valence-corrected chi connectivity index (χ0v) is 13.9. The topological polar surface area (TPSA) is 78.4 Å². The minimum atomic E-state index is -0.606. The van der Waals surface area contributed by atoms with Crippen molar-refractivity contribution >= 4 is 17.5 Å². The van der Waals surface area contributed by atoms with E-state index < -0.39 is 11.8 Å². The van der Waals surface area contributed by atoms with Gasteiger partial charge in [0.15, 0.2) is 0 Å². The van der Waals surface area contributed by atoms with Crippen LogP contribution in [0, 0.1) is 5.92 Å². The Balaban J connectivity index is 1.77. The fourth-order valence-corrected chi connectivity index (χ4v) is 3.40. The average molecular weight is 338 g/mol. The third-order valence-electron chi connectivity index (χ3n) is 4.74. The van der Waals surface area contributed by atoms with Crippen molar-refractivity contribution in [1.29, 1.82) is 0 Å². The molecule has 1 atom stereocenters. The number of nitrogens with one attached hydrogen (secondary N) is 2. The van der Waals surface area contributed by atoms with Crippen LogP contribution in [0.15, 0.2) is 54.6 Å². The van der Waals surface area contributed by atoms with Crippen LogP contribution in [0.25, 0.3) is 0 Å². The zero-order chi connectivity index (χ0) is 17.6. The van der Waals surface area contributed by atoms with Crippen LogP contribution in [0.3, 0.4) is 0 Å². The Labute approximate surface area is 147 Å². The number of hydrogen-bond donors (Lipinski definition) is 3. The summed E-state index contributed by atoms with van der Waals surface area (Å²) in [7, 11) is 0. The second kappa shape index (κ2) is 7.94. The summed E-state index contributed by atoms with van der Waals surface area (Å²) in [5, 5.41) is 12.0. The van der Waals surface area contributed by atoms with Gasteiger partial charge in [-0.05, 0) is 36.1 Å².